The molecule has 1 aromatic carbocycles. The average Bonchev–Trinajstić information content (AvgIpc) is 3.53. The van der Waals surface area contributed by atoms with Gasteiger partial charge >= 0.3 is 0 Å². The van der Waals surface area contributed by atoms with Crippen molar-refractivity contribution in [3.63, 3.8) is 0 Å². The molecule has 1 fully saturated rings. The summed E-state index contributed by atoms with van der Waals surface area (Å²) in [5.74, 6) is -0.850. The van der Waals surface area contributed by atoms with E-state index in [9.17, 15) is 9.59 Å². The fourth-order valence-corrected chi connectivity index (χ4v) is 4.61. The zero-order valence-corrected chi connectivity index (χ0v) is 21.5. The fourth-order valence-electron chi connectivity index (χ4n) is 4.61. The number of Topliss-reactive ketones (excluding diaryl/α,β-unsaturated/α-hetero) is 1. The number of ketones is 1. The molecular weight excluding hydrogens is 491 g/mol. The van der Waals surface area contributed by atoms with Crippen molar-refractivity contribution in [2.75, 3.05) is 19.0 Å². The monoisotopic (exact) mass is 520 g/mol. The van der Waals surface area contributed by atoms with Crippen molar-refractivity contribution >= 4 is 22.9 Å². The van der Waals surface area contributed by atoms with E-state index in [2.05, 4.69) is 10.4 Å². The minimum Gasteiger partial charge on any atom is -0.497 e. The lowest BCUT2D eigenvalue weighted by Crippen LogP contribution is -2.22. The summed E-state index contributed by atoms with van der Waals surface area (Å²) >= 11 is 0. The summed E-state index contributed by atoms with van der Waals surface area (Å²) in [5.41, 5.74) is 2.52. The molecule has 9 nitrogen and oxygen atoms in total. The molecule has 1 aliphatic rings. The van der Waals surface area contributed by atoms with Crippen molar-refractivity contribution in [1.82, 2.24) is 14.2 Å². The Morgan fingerprint density at radius 3 is 2.76 bits per heavy atom. The van der Waals surface area contributed by atoms with Crippen LogP contribution in [0.15, 0.2) is 48.9 Å². The number of hydrogen-bond donors (Lipinski definition) is 1. The number of nitrogens with one attached hydrogen (secondary N) is 1. The van der Waals surface area contributed by atoms with Gasteiger partial charge in [0.2, 0.25) is 0 Å². The molecule has 10 heteroatoms. The lowest BCUT2D eigenvalue weighted by atomic mass is 10.0. The minimum absolute atomic E-state index is 0.00821. The minimum atomic E-state index is -0.600. The second-order valence-electron chi connectivity index (χ2n) is 9.29. The van der Waals surface area contributed by atoms with Crippen LogP contribution in [-0.2, 0) is 23.1 Å². The Morgan fingerprint density at radius 2 is 2.08 bits per heavy atom. The fraction of sp³-hybridized carbons (Fsp3) is 0.321. The van der Waals surface area contributed by atoms with Crippen molar-refractivity contribution in [3.05, 3.63) is 71.6 Å². The van der Waals surface area contributed by atoms with E-state index >= 15 is 4.39 Å². The molecule has 38 heavy (non-hydrogen) atoms. The highest BCUT2D eigenvalue weighted by Gasteiger charge is 2.22. The number of amides is 1. The largest absolute Gasteiger partial charge is 0.497 e. The van der Waals surface area contributed by atoms with E-state index in [0.717, 1.165) is 19.3 Å². The van der Waals surface area contributed by atoms with E-state index in [1.54, 1.807) is 59.0 Å². The quantitative estimate of drug-likeness (QED) is 0.329. The van der Waals surface area contributed by atoms with Gasteiger partial charge in [0, 0.05) is 50.2 Å². The third kappa shape index (κ3) is 5.18. The van der Waals surface area contributed by atoms with E-state index in [1.165, 1.54) is 20.1 Å². The number of rotatable bonds is 8. The zero-order chi connectivity index (χ0) is 26.8. The highest BCUT2D eigenvalue weighted by atomic mass is 19.1. The lowest BCUT2D eigenvalue weighted by Gasteiger charge is -2.23. The normalized spacial score (nSPS) is 15.5. The Hall–Kier alpha value is -4.02. The molecule has 4 aromatic rings. The summed E-state index contributed by atoms with van der Waals surface area (Å²) in [6, 6.07) is 8.10. The van der Waals surface area contributed by atoms with Gasteiger partial charge in [-0.2, -0.15) is 5.10 Å². The lowest BCUT2D eigenvalue weighted by molar-refractivity contribution is -0.168. The van der Waals surface area contributed by atoms with Crippen molar-refractivity contribution in [2.24, 2.45) is 7.05 Å². The van der Waals surface area contributed by atoms with Gasteiger partial charge in [0.1, 0.15) is 5.75 Å². The number of fused-ring (bicyclic) bond motifs is 1. The number of pyridine rings is 1. The van der Waals surface area contributed by atoms with Crippen molar-refractivity contribution in [3.8, 4) is 16.9 Å². The molecule has 1 aliphatic heterocycles. The molecule has 5 rings (SSSR count). The van der Waals surface area contributed by atoms with Crippen molar-refractivity contribution < 1.29 is 28.2 Å². The first kappa shape index (κ1) is 25.6. The first-order valence-electron chi connectivity index (χ1n) is 12.4. The van der Waals surface area contributed by atoms with Gasteiger partial charge in [0.05, 0.1) is 42.4 Å². The molecule has 0 bridgehead atoms. The number of carbonyl (C=O) groups is 2. The smallest absolute Gasteiger partial charge is 0.257 e. The molecule has 1 amide bonds. The number of aryl methyl sites for hydroxylation is 1. The maximum atomic E-state index is 15.8. The van der Waals surface area contributed by atoms with Gasteiger partial charge in [-0.25, -0.2) is 4.39 Å². The van der Waals surface area contributed by atoms with Crippen LogP contribution in [-0.4, -0.2) is 45.9 Å². The zero-order valence-electron chi connectivity index (χ0n) is 21.5. The third-order valence-corrected chi connectivity index (χ3v) is 6.55. The molecule has 1 saturated heterocycles. The number of ether oxygens (including phenoxy) is 3. The van der Waals surface area contributed by atoms with Gasteiger partial charge in [-0.3, -0.25) is 14.3 Å². The maximum Gasteiger partial charge on any atom is 0.257 e. The Kier molecular flexibility index (Phi) is 7.26. The van der Waals surface area contributed by atoms with Gasteiger partial charge in [0.15, 0.2) is 17.9 Å². The van der Waals surface area contributed by atoms with Crippen LogP contribution in [0.25, 0.3) is 16.6 Å². The number of nitrogens with zero attached hydrogens (tertiary/aromatic N) is 3. The molecule has 198 valence electrons. The third-order valence-electron chi connectivity index (χ3n) is 6.55. The summed E-state index contributed by atoms with van der Waals surface area (Å²) in [6.45, 7) is 2.25. The first-order chi connectivity index (χ1) is 18.3. The SMILES string of the molecule is COc1ccn2c(C(C)=O)cc(C(=O)Nc3cc(COC4CCCCO4)cc(-c4cnn(C)c4)c3F)c2c1. The average molecular weight is 521 g/mol. The summed E-state index contributed by atoms with van der Waals surface area (Å²) < 4.78 is 35.9. The first-order valence-corrected chi connectivity index (χ1v) is 12.4. The molecule has 0 saturated carbocycles. The second kappa shape index (κ2) is 10.8. The van der Waals surface area contributed by atoms with Gasteiger partial charge in [-0.15, -0.1) is 0 Å². The number of aromatic nitrogens is 3. The topological polar surface area (TPSA) is 96.1 Å². The summed E-state index contributed by atoms with van der Waals surface area (Å²) in [4.78, 5) is 25.7. The Labute approximate surface area is 219 Å². The Bertz CT molecular complexity index is 1500. The van der Waals surface area contributed by atoms with Crippen LogP contribution >= 0.6 is 0 Å². The number of methoxy groups -OCH3 is 1. The predicted molar refractivity (Wildman–Crippen MR) is 139 cm³/mol. The summed E-state index contributed by atoms with van der Waals surface area (Å²) in [7, 11) is 3.26. The summed E-state index contributed by atoms with van der Waals surface area (Å²) in [6.07, 6.45) is 7.43. The van der Waals surface area contributed by atoms with Crippen LogP contribution in [0.2, 0.25) is 0 Å². The van der Waals surface area contributed by atoms with Crippen LogP contribution in [0.1, 0.15) is 52.6 Å². The number of carbonyl (C=O) groups excluding carboxylic acids is 2. The highest BCUT2D eigenvalue weighted by Crippen LogP contribution is 2.31. The van der Waals surface area contributed by atoms with E-state index < -0.39 is 11.7 Å². The molecular formula is C28H29FN4O5. The van der Waals surface area contributed by atoms with E-state index in [0.29, 0.717) is 34.7 Å². The van der Waals surface area contributed by atoms with E-state index in [1.807, 2.05) is 0 Å². The van der Waals surface area contributed by atoms with Crippen molar-refractivity contribution in [1.29, 1.82) is 0 Å². The van der Waals surface area contributed by atoms with Gasteiger partial charge in [-0.05, 0) is 49.1 Å². The van der Waals surface area contributed by atoms with Gasteiger partial charge in [-0.1, -0.05) is 0 Å². The predicted octanol–water partition coefficient (Wildman–Crippen LogP) is 4.99. The molecule has 0 spiro atoms. The summed E-state index contributed by atoms with van der Waals surface area (Å²) in [5, 5.41) is 6.87. The van der Waals surface area contributed by atoms with Crippen LogP contribution in [0.4, 0.5) is 10.1 Å². The van der Waals surface area contributed by atoms with Gasteiger partial charge < -0.3 is 23.9 Å². The number of hydrogen-bond acceptors (Lipinski definition) is 6. The molecule has 1 atom stereocenters. The van der Waals surface area contributed by atoms with Crippen LogP contribution < -0.4 is 10.1 Å². The Morgan fingerprint density at radius 1 is 1.24 bits per heavy atom. The molecule has 0 aliphatic carbocycles. The Balaban J connectivity index is 1.51. The van der Waals surface area contributed by atoms with Crippen molar-refractivity contribution in [2.45, 2.75) is 39.1 Å². The second-order valence-corrected chi connectivity index (χ2v) is 9.29. The molecule has 1 unspecified atom stereocenters. The maximum absolute atomic E-state index is 15.8. The van der Waals surface area contributed by atoms with Crippen LogP contribution in [0.5, 0.6) is 5.75 Å². The molecule has 4 heterocycles. The van der Waals surface area contributed by atoms with Crippen LogP contribution in [0, 0.1) is 5.82 Å². The highest BCUT2D eigenvalue weighted by molar-refractivity contribution is 6.11. The standard InChI is InChI=1S/C28H29FN4O5/c1-17(34)24-13-22(25-12-20(36-3)7-8-33(24)25)28(35)31-23-11-18(16-38-26-6-4-5-9-37-26)10-21(27(23)29)19-14-30-32(2)15-19/h7-8,10-15,26H,4-6,9,16H2,1-3H3,(H,31,35). The van der Waals surface area contributed by atoms with Gasteiger partial charge in [0.25, 0.3) is 5.91 Å². The van der Waals surface area contributed by atoms with E-state index in [4.69, 9.17) is 14.2 Å². The number of anilines is 1. The molecule has 3 aromatic heterocycles. The molecule has 1 N–H and O–H groups in total. The van der Waals surface area contributed by atoms with E-state index in [-0.39, 0.29) is 35.5 Å². The number of benzene rings is 1. The van der Waals surface area contributed by atoms with Crippen LogP contribution in [0.3, 0.4) is 0 Å². The number of halogens is 1. The molecule has 0 radical (unpaired) electrons.